The maximum absolute atomic E-state index is 3.66. The van der Waals surface area contributed by atoms with Gasteiger partial charge in [0.2, 0.25) is 0 Å². The van der Waals surface area contributed by atoms with Crippen LogP contribution in [-0.2, 0) is 16.5 Å². The van der Waals surface area contributed by atoms with Gasteiger partial charge >= 0.3 is 16.5 Å². The molecule has 0 aliphatic rings. The number of hydrogen-bond acceptors (Lipinski definition) is 1. The average molecular weight is 153 g/mol. The third-order valence-corrected chi connectivity index (χ3v) is 0.517. The topological polar surface area (TPSA) is 46.4 Å². The second-order valence-corrected chi connectivity index (χ2v) is 0.959. The first kappa shape index (κ1) is 10.6. The van der Waals surface area contributed by atoms with Crippen LogP contribution in [0.3, 0.4) is 0 Å². The van der Waals surface area contributed by atoms with E-state index in [0.717, 1.165) is 0 Å². The van der Waals surface area contributed by atoms with Gasteiger partial charge in [0, 0.05) is 0 Å². The van der Waals surface area contributed by atoms with E-state index < -0.39 is 0 Å². The number of nitrogens with zero attached hydrogens (tertiary/aromatic N) is 1. The van der Waals surface area contributed by atoms with E-state index in [1.165, 1.54) is 0 Å². The van der Waals surface area contributed by atoms with Crippen molar-refractivity contribution in [3.05, 3.63) is 36.7 Å². The van der Waals surface area contributed by atoms with Crippen LogP contribution in [-0.4, -0.2) is 4.98 Å². The normalized spacial score (nSPS) is 6.00. The van der Waals surface area contributed by atoms with Crippen molar-refractivity contribution < 1.29 is 16.5 Å². The zero-order valence-corrected chi connectivity index (χ0v) is 5.14. The molecule has 0 bridgehead atoms. The first-order valence-corrected chi connectivity index (χ1v) is 1.77. The molecule has 1 aromatic rings. The molecule has 0 saturated heterocycles. The van der Waals surface area contributed by atoms with E-state index in [1.54, 1.807) is 12.3 Å². The molecule has 3 heteroatoms. The Bertz CT molecular complexity index is 82.4. The summed E-state index contributed by atoms with van der Waals surface area (Å²) in [5, 5.41) is 0. The van der Waals surface area contributed by atoms with Gasteiger partial charge in [-0.3, -0.25) is 0 Å². The van der Waals surface area contributed by atoms with E-state index in [4.69, 9.17) is 0 Å². The van der Waals surface area contributed by atoms with Gasteiger partial charge in [-0.1, -0.05) is 12.4 Å². The number of nitrogens with two attached hydrogens (primary N) is 1. The van der Waals surface area contributed by atoms with Crippen molar-refractivity contribution in [2.75, 3.05) is 0 Å². The zero-order valence-electron chi connectivity index (χ0n) is 4.15. The van der Waals surface area contributed by atoms with E-state index in [1.807, 2.05) is 12.1 Å². The fourth-order valence-corrected chi connectivity index (χ4v) is 0.277. The van der Waals surface area contributed by atoms with Crippen LogP contribution in [0, 0.1) is 6.20 Å². The molecule has 8 heavy (non-hydrogen) atoms. The van der Waals surface area contributed by atoms with Gasteiger partial charge in [-0.05, 0) is 0 Å². The monoisotopic (exact) mass is 152 g/mol. The predicted molar refractivity (Wildman–Crippen MR) is 28.4 cm³/mol. The van der Waals surface area contributed by atoms with Crippen LogP contribution in [0.1, 0.15) is 0 Å². The number of hydrogen-bond donors (Lipinski definition) is 0. The second kappa shape index (κ2) is 6.60. The van der Waals surface area contributed by atoms with Crippen molar-refractivity contribution in [1.82, 2.24) is 4.98 Å². The largest absolute Gasteiger partial charge is 2.00 e. The maximum atomic E-state index is 3.66. The zero-order chi connectivity index (χ0) is 4.24. The quantitative estimate of drug-likeness (QED) is 0.412. The maximum Gasteiger partial charge on any atom is 2.00 e. The molecular weight excluding hydrogens is 147 g/mol. The Kier molecular flexibility index (Phi) is 8.72. The molecule has 2 nitrogen and oxygen atoms in total. The van der Waals surface area contributed by atoms with Crippen LogP contribution in [0.2, 0.25) is 0 Å². The molecule has 0 saturated carbocycles. The smallest absolute Gasteiger partial charge is 0.693 e. The summed E-state index contributed by atoms with van der Waals surface area (Å²) in [6.45, 7) is 0. The van der Waals surface area contributed by atoms with Crippen LogP contribution in [0.4, 0.5) is 0 Å². The molecule has 0 aliphatic heterocycles. The van der Waals surface area contributed by atoms with Crippen LogP contribution in [0.25, 0.3) is 6.15 Å². The average Bonchev–Trinajstić information content (AvgIpc) is 1.72. The summed E-state index contributed by atoms with van der Waals surface area (Å²) in [7, 11) is 0. The number of pyridine rings is 1. The van der Waals surface area contributed by atoms with Gasteiger partial charge in [0.25, 0.3) is 0 Å². The van der Waals surface area contributed by atoms with Crippen molar-refractivity contribution in [3.63, 3.8) is 0 Å². The van der Waals surface area contributed by atoms with Gasteiger partial charge in [-0.25, -0.2) is 0 Å². The van der Waals surface area contributed by atoms with E-state index in [2.05, 4.69) is 11.2 Å². The first-order chi connectivity index (χ1) is 3.00. The minimum Gasteiger partial charge on any atom is -0.693 e. The van der Waals surface area contributed by atoms with Crippen LogP contribution in [0.15, 0.2) is 24.4 Å². The summed E-state index contributed by atoms with van der Waals surface area (Å²) in [4.78, 5) is 3.66. The summed E-state index contributed by atoms with van der Waals surface area (Å²) in [6.07, 6.45) is 4.34. The van der Waals surface area contributed by atoms with Crippen molar-refractivity contribution >= 4 is 0 Å². The van der Waals surface area contributed by atoms with Crippen molar-refractivity contribution in [3.8, 4) is 0 Å². The van der Waals surface area contributed by atoms with Crippen molar-refractivity contribution in [2.45, 2.75) is 0 Å². The number of rotatable bonds is 0. The molecule has 0 atom stereocenters. The Morgan fingerprint density at radius 3 is 2.12 bits per heavy atom. The third kappa shape index (κ3) is 3.78. The summed E-state index contributed by atoms with van der Waals surface area (Å²) in [5.74, 6) is 0. The van der Waals surface area contributed by atoms with Crippen LogP contribution < -0.4 is 0 Å². The van der Waals surface area contributed by atoms with E-state index in [9.17, 15) is 0 Å². The predicted octanol–water partition coefficient (Wildman–Crippen LogP) is 1.60. The molecule has 1 heterocycles. The summed E-state index contributed by atoms with van der Waals surface area (Å²) in [5.41, 5.74) is 0. The summed E-state index contributed by atoms with van der Waals surface area (Å²) in [6, 6.07) is 5.50. The Morgan fingerprint density at radius 2 is 2.00 bits per heavy atom. The molecule has 0 radical (unpaired) electrons. The van der Waals surface area contributed by atoms with Gasteiger partial charge < -0.3 is 11.1 Å². The molecule has 1 rings (SSSR count). The molecule has 0 unspecified atom stereocenters. The molecule has 0 spiro atoms. The van der Waals surface area contributed by atoms with Gasteiger partial charge in [-0.2, -0.15) is 18.2 Å². The van der Waals surface area contributed by atoms with Crippen LogP contribution >= 0.6 is 0 Å². The third-order valence-electron chi connectivity index (χ3n) is 0.517. The fraction of sp³-hybridized carbons (Fsp3) is 0. The SMILES string of the molecule is [NH2-].[Ni+2].[c-]1ccccn1. The Labute approximate surface area is 58.8 Å². The van der Waals surface area contributed by atoms with E-state index in [-0.39, 0.29) is 22.6 Å². The van der Waals surface area contributed by atoms with Gasteiger partial charge in [-0.15, -0.1) is 0 Å². The van der Waals surface area contributed by atoms with Crippen LogP contribution in [0.5, 0.6) is 0 Å². The summed E-state index contributed by atoms with van der Waals surface area (Å²) < 4.78 is 0. The molecule has 0 aliphatic carbocycles. The molecule has 0 amide bonds. The molecular formula is C5H6N2Ni. The van der Waals surface area contributed by atoms with Crippen molar-refractivity contribution in [1.29, 1.82) is 0 Å². The second-order valence-electron chi connectivity index (χ2n) is 0.959. The number of aromatic nitrogens is 1. The fourth-order valence-electron chi connectivity index (χ4n) is 0.277. The molecule has 1 aromatic heterocycles. The standard InChI is InChI=1S/C5H4N.H2N.Ni/c1-2-4-6-5-3-1;;/h1-4H;1H2;/q2*-1;+2. The minimum atomic E-state index is 0. The van der Waals surface area contributed by atoms with E-state index in [0.29, 0.717) is 0 Å². The Morgan fingerprint density at radius 1 is 1.25 bits per heavy atom. The molecule has 0 aromatic carbocycles. The Balaban J connectivity index is 0. The first-order valence-electron chi connectivity index (χ1n) is 1.77. The van der Waals surface area contributed by atoms with Gasteiger partial charge in [0.15, 0.2) is 0 Å². The molecule has 46 valence electrons. The molecule has 0 fully saturated rings. The minimum absolute atomic E-state index is 0. The van der Waals surface area contributed by atoms with Gasteiger partial charge in [0.1, 0.15) is 0 Å². The summed E-state index contributed by atoms with van der Waals surface area (Å²) >= 11 is 0. The van der Waals surface area contributed by atoms with E-state index >= 15 is 0 Å². The van der Waals surface area contributed by atoms with Gasteiger partial charge in [0.05, 0.1) is 0 Å². The molecule has 2 N–H and O–H groups in total. The van der Waals surface area contributed by atoms with Crippen molar-refractivity contribution in [2.24, 2.45) is 0 Å². The Hall–Kier alpha value is -0.396.